The molecule has 0 aliphatic heterocycles. The molecule has 0 saturated heterocycles. The fourth-order valence-electron chi connectivity index (χ4n) is 1.41. The number of sulfone groups is 1. The van der Waals surface area contributed by atoms with Crippen LogP contribution in [0.15, 0.2) is 18.3 Å². The highest BCUT2D eigenvalue weighted by molar-refractivity contribution is 7.90. The number of nitrogens with zero attached hydrogens (tertiary/aromatic N) is 3. The minimum atomic E-state index is -2.96. The molecule has 2 aromatic rings. The van der Waals surface area contributed by atoms with Gasteiger partial charge in [-0.1, -0.05) is 0 Å². The Balaban J connectivity index is 2.09. The fourth-order valence-corrected chi connectivity index (χ4v) is 1.88. The first-order chi connectivity index (χ1) is 7.94. The molecule has 0 amide bonds. The number of rotatable bonds is 4. The van der Waals surface area contributed by atoms with Crippen molar-refractivity contribution in [3.63, 3.8) is 0 Å². The highest BCUT2D eigenvalue weighted by Crippen LogP contribution is 2.07. The third-order valence-electron chi connectivity index (χ3n) is 2.25. The molecule has 0 fully saturated rings. The first-order valence-electron chi connectivity index (χ1n) is 5.19. The number of nitrogens with one attached hydrogen (secondary N) is 1. The largest absolute Gasteiger partial charge is 0.352 e. The van der Waals surface area contributed by atoms with Crippen LogP contribution in [0.5, 0.6) is 0 Å². The van der Waals surface area contributed by atoms with Crippen LogP contribution < -0.4 is 5.32 Å². The van der Waals surface area contributed by atoms with Crippen LogP contribution in [0.4, 0.5) is 5.95 Å². The minimum Gasteiger partial charge on any atom is -0.352 e. The number of hydrogen-bond donors (Lipinski definition) is 1. The molecule has 1 N–H and O–H groups in total. The van der Waals surface area contributed by atoms with E-state index in [1.54, 1.807) is 4.52 Å². The lowest BCUT2D eigenvalue weighted by molar-refractivity contribution is 0.602. The molecule has 2 aromatic heterocycles. The second-order valence-corrected chi connectivity index (χ2v) is 6.26. The molecule has 2 rings (SSSR count). The Morgan fingerprint density at radius 1 is 1.47 bits per heavy atom. The van der Waals surface area contributed by atoms with Gasteiger partial charge in [0.25, 0.3) is 0 Å². The normalized spacial score (nSPS) is 11.9. The summed E-state index contributed by atoms with van der Waals surface area (Å²) in [6, 6.07) is 3.84. The standard InChI is InChI=1S/C10H14N4O2S/c1-8-3-5-14-9(7-8)12-10(13-14)11-4-6-17(2,15)16/h3,5,7H,4,6H2,1-2H3,(H,11,13). The summed E-state index contributed by atoms with van der Waals surface area (Å²) in [5.74, 6) is 0.515. The Bertz CT molecular complexity index is 633. The molecule has 0 unspecified atom stereocenters. The highest BCUT2D eigenvalue weighted by atomic mass is 32.2. The van der Waals surface area contributed by atoms with Crippen LogP contribution in [0.1, 0.15) is 5.56 Å². The van der Waals surface area contributed by atoms with Gasteiger partial charge in [0, 0.05) is 19.0 Å². The van der Waals surface area contributed by atoms with Crippen molar-refractivity contribution in [2.75, 3.05) is 23.9 Å². The zero-order valence-corrected chi connectivity index (χ0v) is 10.5. The second kappa shape index (κ2) is 4.33. The van der Waals surface area contributed by atoms with E-state index in [9.17, 15) is 8.42 Å². The molecule has 17 heavy (non-hydrogen) atoms. The summed E-state index contributed by atoms with van der Waals surface area (Å²) in [6.07, 6.45) is 3.02. The van der Waals surface area contributed by atoms with E-state index in [-0.39, 0.29) is 5.75 Å². The fraction of sp³-hybridized carbons (Fsp3) is 0.400. The van der Waals surface area contributed by atoms with Crippen molar-refractivity contribution in [2.24, 2.45) is 0 Å². The van der Waals surface area contributed by atoms with Crippen LogP contribution in [0.25, 0.3) is 5.65 Å². The quantitative estimate of drug-likeness (QED) is 0.859. The maximum atomic E-state index is 11.0. The Labute approximate surface area is 99.6 Å². The number of pyridine rings is 1. The zero-order chi connectivity index (χ0) is 12.5. The van der Waals surface area contributed by atoms with E-state index in [1.807, 2.05) is 25.3 Å². The van der Waals surface area contributed by atoms with E-state index in [0.717, 1.165) is 11.2 Å². The smallest absolute Gasteiger partial charge is 0.243 e. The molecule has 0 bridgehead atoms. The van der Waals surface area contributed by atoms with Gasteiger partial charge in [0.1, 0.15) is 9.84 Å². The Morgan fingerprint density at radius 3 is 2.94 bits per heavy atom. The maximum Gasteiger partial charge on any atom is 0.243 e. The van der Waals surface area contributed by atoms with Crippen molar-refractivity contribution in [1.82, 2.24) is 14.6 Å². The molecule has 0 spiro atoms. The summed E-state index contributed by atoms with van der Waals surface area (Å²) in [6.45, 7) is 2.29. The predicted octanol–water partition coefficient (Wildman–Crippen LogP) is 0.494. The van der Waals surface area contributed by atoms with E-state index in [0.29, 0.717) is 12.5 Å². The zero-order valence-electron chi connectivity index (χ0n) is 9.71. The summed E-state index contributed by atoms with van der Waals surface area (Å²) in [5, 5.41) is 7.06. The molecule has 0 radical (unpaired) electrons. The summed E-state index contributed by atoms with van der Waals surface area (Å²) in [7, 11) is -2.96. The molecule has 0 aromatic carbocycles. The number of anilines is 1. The van der Waals surface area contributed by atoms with E-state index in [4.69, 9.17) is 0 Å². The molecular formula is C10H14N4O2S. The summed E-state index contributed by atoms with van der Waals surface area (Å²) in [5.41, 5.74) is 1.85. The van der Waals surface area contributed by atoms with Crippen molar-refractivity contribution < 1.29 is 8.42 Å². The average molecular weight is 254 g/mol. The van der Waals surface area contributed by atoms with E-state index in [1.165, 1.54) is 6.26 Å². The van der Waals surface area contributed by atoms with Gasteiger partial charge in [-0.3, -0.25) is 0 Å². The van der Waals surface area contributed by atoms with Crippen LogP contribution in [0.3, 0.4) is 0 Å². The number of aromatic nitrogens is 3. The predicted molar refractivity (Wildman–Crippen MR) is 65.9 cm³/mol. The molecule has 0 aliphatic rings. The van der Waals surface area contributed by atoms with Crippen LogP contribution in [0, 0.1) is 6.92 Å². The van der Waals surface area contributed by atoms with Crippen LogP contribution in [0.2, 0.25) is 0 Å². The molecule has 7 heteroatoms. The molecule has 6 nitrogen and oxygen atoms in total. The molecule has 0 aliphatic carbocycles. The van der Waals surface area contributed by atoms with Gasteiger partial charge in [0.05, 0.1) is 5.75 Å². The van der Waals surface area contributed by atoms with Gasteiger partial charge >= 0.3 is 0 Å². The summed E-state index contributed by atoms with van der Waals surface area (Å²) in [4.78, 5) is 4.24. The topological polar surface area (TPSA) is 76.4 Å². The van der Waals surface area contributed by atoms with Crippen molar-refractivity contribution in [2.45, 2.75) is 6.92 Å². The van der Waals surface area contributed by atoms with Gasteiger partial charge in [0.15, 0.2) is 5.65 Å². The number of aryl methyl sites for hydroxylation is 1. The number of hydrogen-bond acceptors (Lipinski definition) is 5. The monoisotopic (exact) mass is 254 g/mol. The number of fused-ring (bicyclic) bond motifs is 1. The first-order valence-corrected chi connectivity index (χ1v) is 7.25. The molecule has 0 saturated carbocycles. The van der Waals surface area contributed by atoms with Crippen molar-refractivity contribution in [1.29, 1.82) is 0 Å². The van der Waals surface area contributed by atoms with Gasteiger partial charge in [-0.25, -0.2) is 12.9 Å². The lowest BCUT2D eigenvalue weighted by atomic mass is 10.3. The lowest BCUT2D eigenvalue weighted by Gasteiger charge is -1.98. The maximum absolute atomic E-state index is 11.0. The average Bonchev–Trinajstić information content (AvgIpc) is 2.57. The van der Waals surface area contributed by atoms with Gasteiger partial charge < -0.3 is 5.32 Å². The van der Waals surface area contributed by atoms with Crippen LogP contribution in [-0.2, 0) is 9.84 Å². The first kappa shape index (κ1) is 11.8. The Morgan fingerprint density at radius 2 is 2.24 bits per heavy atom. The molecule has 92 valence electrons. The Kier molecular flexibility index (Phi) is 3.01. The van der Waals surface area contributed by atoms with Crippen molar-refractivity contribution >= 4 is 21.4 Å². The van der Waals surface area contributed by atoms with Crippen LogP contribution in [-0.4, -0.2) is 41.6 Å². The van der Waals surface area contributed by atoms with Gasteiger partial charge in [-0.2, -0.15) is 4.98 Å². The van der Waals surface area contributed by atoms with Gasteiger partial charge in [-0.05, 0) is 24.6 Å². The molecular weight excluding hydrogens is 240 g/mol. The summed E-state index contributed by atoms with van der Waals surface area (Å²) < 4.78 is 23.6. The minimum absolute atomic E-state index is 0.0710. The SMILES string of the molecule is Cc1ccn2nc(NCCS(C)(=O)=O)nc2c1. The molecule has 0 atom stereocenters. The highest BCUT2D eigenvalue weighted by Gasteiger charge is 2.05. The lowest BCUT2D eigenvalue weighted by Crippen LogP contribution is -2.14. The van der Waals surface area contributed by atoms with Crippen molar-refractivity contribution in [3.05, 3.63) is 23.9 Å². The van der Waals surface area contributed by atoms with E-state index >= 15 is 0 Å². The van der Waals surface area contributed by atoms with Gasteiger partial charge in [0.2, 0.25) is 5.95 Å². The summed E-state index contributed by atoms with van der Waals surface area (Å²) >= 11 is 0. The Hall–Kier alpha value is -1.63. The third kappa shape index (κ3) is 3.16. The van der Waals surface area contributed by atoms with Crippen molar-refractivity contribution in [3.8, 4) is 0 Å². The van der Waals surface area contributed by atoms with E-state index in [2.05, 4.69) is 15.4 Å². The van der Waals surface area contributed by atoms with Gasteiger partial charge in [-0.15, -0.1) is 5.10 Å². The van der Waals surface area contributed by atoms with E-state index < -0.39 is 9.84 Å². The third-order valence-corrected chi connectivity index (χ3v) is 3.19. The van der Waals surface area contributed by atoms with Crippen LogP contribution >= 0.6 is 0 Å². The second-order valence-electron chi connectivity index (χ2n) is 4.00. The molecule has 2 heterocycles.